The van der Waals surface area contributed by atoms with Crippen molar-refractivity contribution in [3.05, 3.63) is 23.9 Å². The van der Waals surface area contributed by atoms with Crippen LogP contribution in [0.1, 0.15) is 51.5 Å². The van der Waals surface area contributed by atoms with Crippen molar-refractivity contribution in [2.24, 2.45) is 10.9 Å². The number of nitrogens with one attached hydrogen (secondary N) is 1. The lowest BCUT2D eigenvalue weighted by molar-refractivity contribution is 0.198. The molecule has 1 aromatic rings. The maximum absolute atomic E-state index is 5.56. The van der Waals surface area contributed by atoms with Gasteiger partial charge in [0, 0.05) is 38.4 Å². The van der Waals surface area contributed by atoms with Gasteiger partial charge in [0.15, 0.2) is 5.96 Å². The minimum Gasteiger partial charge on any atom is -0.478 e. The molecule has 6 nitrogen and oxygen atoms in total. The molecule has 2 fully saturated rings. The molecule has 0 aliphatic carbocycles. The van der Waals surface area contributed by atoms with Crippen molar-refractivity contribution < 1.29 is 4.74 Å². The van der Waals surface area contributed by atoms with Crippen LogP contribution in [-0.4, -0.2) is 66.6 Å². The average molecular weight is 388 g/mol. The van der Waals surface area contributed by atoms with Crippen LogP contribution >= 0.6 is 0 Å². The second-order valence-corrected chi connectivity index (χ2v) is 7.99. The van der Waals surface area contributed by atoms with Gasteiger partial charge in [-0.3, -0.25) is 0 Å². The minimum atomic E-state index is 0.649. The fourth-order valence-corrected chi connectivity index (χ4v) is 4.07. The number of rotatable bonds is 8. The van der Waals surface area contributed by atoms with Gasteiger partial charge in [0.05, 0.1) is 13.2 Å². The van der Waals surface area contributed by atoms with E-state index in [9.17, 15) is 0 Å². The van der Waals surface area contributed by atoms with Crippen LogP contribution in [0.2, 0.25) is 0 Å². The van der Waals surface area contributed by atoms with E-state index in [0.29, 0.717) is 19.0 Å². The zero-order chi connectivity index (χ0) is 19.6. The molecule has 0 bridgehead atoms. The predicted octanol–water partition coefficient (Wildman–Crippen LogP) is 3.14. The average Bonchev–Trinajstić information content (AvgIpc) is 3.19. The molecule has 2 aliphatic heterocycles. The lowest BCUT2D eigenvalue weighted by Gasteiger charge is -2.29. The van der Waals surface area contributed by atoms with Crippen molar-refractivity contribution in [3.63, 3.8) is 0 Å². The zero-order valence-corrected chi connectivity index (χ0v) is 17.7. The molecule has 1 aromatic heterocycles. The maximum Gasteiger partial charge on any atom is 0.213 e. The molecule has 0 aromatic carbocycles. The summed E-state index contributed by atoms with van der Waals surface area (Å²) in [5, 5.41) is 3.48. The minimum absolute atomic E-state index is 0.649. The third-order valence-corrected chi connectivity index (χ3v) is 5.55. The van der Waals surface area contributed by atoms with E-state index in [1.54, 1.807) is 0 Å². The fraction of sp³-hybridized carbons (Fsp3) is 0.727. The summed E-state index contributed by atoms with van der Waals surface area (Å²) in [7, 11) is 0. The van der Waals surface area contributed by atoms with Gasteiger partial charge in [-0.2, -0.15) is 0 Å². The smallest absolute Gasteiger partial charge is 0.213 e. The van der Waals surface area contributed by atoms with Gasteiger partial charge in [-0.25, -0.2) is 9.98 Å². The molecule has 6 heteroatoms. The van der Waals surface area contributed by atoms with E-state index < -0.39 is 0 Å². The lowest BCUT2D eigenvalue weighted by Crippen LogP contribution is -2.41. The molecule has 3 rings (SSSR count). The summed E-state index contributed by atoms with van der Waals surface area (Å²) >= 11 is 0. The van der Waals surface area contributed by atoms with Crippen LogP contribution in [0, 0.1) is 5.92 Å². The monoisotopic (exact) mass is 387 g/mol. The van der Waals surface area contributed by atoms with Gasteiger partial charge in [-0.05, 0) is 57.2 Å². The van der Waals surface area contributed by atoms with Crippen LogP contribution in [0.4, 0.5) is 0 Å². The summed E-state index contributed by atoms with van der Waals surface area (Å²) in [6, 6.07) is 4.01. The van der Waals surface area contributed by atoms with Crippen LogP contribution in [0.5, 0.6) is 5.88 Å². The lowest BCUT2D eigenvalue weighted by atomic mass is 10.1. The third-order valence-electron chi connectivity index (χ3n) is 5.55. The first-order chi connectivity index (χ1) is 13.8. The van der Waals surface area contributed by atoms with E-state index in [0.717, 1.165) is 43.5 Å². The topological polar surface area (TPSA) is 53.0 Å². The molecular weight excluding hydrogens is 350 g/mol. The van der Waals surface area contributed by atoms with Crippen molar-refractivity contribution in [2.75, 3.05) is 45.9 Å². The molecule has 2 aliphatic rings. The number of piperidine rings is 1. The number of aromatic nitrogens is 1. The quantitative estimate of drug-likeness (QED) is 0.549. The van der Waals surface area contributed by atoms with Crippen molar-refractivity contribution in [1.29, 1.82) is 0 Å². The largest absolute Gasteiger partial charge is 0.478 e. The summed E-state index contributed by atoms with van der Waals surface area (Å²) in [6.45, 7) is 12.5. The van der Waals surface area contributed by atoms with Gasteiger partial charge in [0.2, 0.25) is 5.88 Å². The SMILES string of the molecule is CCCOc1ccc(CN=C(NCC)N2CCC(CN3CCCCC3)C2)cn1. The van der Waals surface area contributed by atoms with Gasteiger partial charge in [0.25, 0.3) is 0 Å². The summed E-state index contributed by atoms with van der Waals surface area (Å²) in [4.78, 5) is 14.4. The standard InChI is InChI=1S/C22H37N5O/c1-3-14-28-21-9-8-19(15-24-21)16-25-22(23-4-2)27-13-10-20(18-27)17-26-11-6-5-7-12-26/h8-9,15,20H,3-7,10-14,16-18H2,1-2H3,(H,23,25). The summed E-state index contributed by atoms with van der Waals surface area (Å²) in [6.07, 6.45) is 8.29. The Morgan fingerprint density at radius 3 is 2.79 bits per heavy atom. The molecule has 0 radical (unpaired) electrons. The molecule has 2 saturated heterocycles. The van der Waals surface area contributed by atoms with Gasteiger partial charge in [0.1, 0.15) is 0 Å². The summed E-state index contributed by atoms with van der Waals surface area (Å²) in [5.41, 5.74) is 1.11. The van der Waals surface area contributed by atoms with E-state index in [-0.39, 0.29) is 0 Å². The first-order valence-corrected chi connectivity index (χ1v) is 11.1. The van der Waals surface area contributed by atoms with Gasteiger partial charge in [-0.1, -0.05) is 19.4 Å². The van der Waals surface area contributed by atoms with Crippen LogP contribution in [-0.2, 0) is 6.54 Å². The molecule has 0 spiro atoms. The fourth-order valence-electron chi connectivity index (χ4n) is 4.07. The Labute approximate surface area is 170 Å². The van der Waals surface area contributed by atoms with Gasteiger partial charge >= 0.3 is 0 Å². The Morgan fingerprint density at radius 1 is 1.21 bits per heavy atom. The van der Waals surface area contributed by atoms with E-state index >= 15 is 0 Å². The first-order valence-electron chi connectivity index (χ1n) is 11.1. The van der Waals surface area contributed by atoms with E-state index in [1.807, 2.05) is 12.3 Å². The molecule has 1 unspecified atom stereocenters. The number of aliphatic imine (C=N–C) groups is 1. The highest BCUT2D eigenvalue weighted by atomic mass is 16.5. The second-order valence-electron chi connectivity index (χ2n) is 7.99. The van der Waals surface area contributed by atoms with E-state index in [1.165, 1.54) is 45.3 Å². The van der Waals surface area contributed by atoms with Crippen LogP contribution in [0.3, 0.4) is 0 Å². The van der Waals surface area contributed by atoms with E-state index in [2.05, 4.69) is 40.0 Å². The molecular formula is C22H37N5O. The molecule has 0 amide bonds. The van der Waals surface area contributed by atoms with Crippen LogP contribution in [0.15, 0.2) is 23.3 Å². The normalized spacial score (nSPS) is 21.1. The van der Waals surface area contributed by atoms with Crippen molar-refractivity contribution in [3.8, 4) is 5.88 Å². The van der Waals surface area contributed by atoms with E-state index in [4.69, 9.17) is 9.73 Å². The number of nitrogens with zero attached hydrogens (tertiary/aromatic N) is 4. The molecule has 0 saturated carbocycles. The Morgan fingerprint density at radius 2 is 2.07 bits per heavy atom. The third kappa shape index (κ3) is 6.36. The zero-order valence-electron chi connectivity index (χ0n) is 17.7. The molecule has 156 valence electrons. The maximum atomic E-state index is 5.56. The number of likely N-dealkylation sites (tertiary alicyclic amines) is 2. The van der Waals surface area contributed by atoms with Crippen molar-refractivity contribution >= 4 is 5.96 Å². The van der Waals surface area contributed by atoms with Crippen molar-refractivity contribution in [2.45, 2.75) is 52.5 Å². The Balaban J connectivity index is 1.52. The molecule has 28 heavy (non-hydrogen) atoms. The highest BCUT2D eigenvalue weighted by Crippen LogP contribution is 2.20. The number of pyridine rings is 1. The molecule has 1 atom stereocenters. The number of hydrogen-bond donors (Lipinski definition) is 1. The highest BCUT2D eigenvalue weighted by molar-refractivity contribution is 5.80. The number of guanidine groups is 1. The summed E-state index contributed by atoms with van der Waals surface area (Å²) < 4.78 is 5.56. The predicted molar refractivity (Wildman–Crippen MR) is 115 cm³/mol. The summed E-state index contributed by atoms with van der Waals surface area (Å²) in [5.74, 6) is 2.50. The number of hydrogen-bond acceptors (Lipinski definition) is 4. The molecule has 1 N–H and O–H groups in total. The first kappa shape index (κ1) is 20.9. The Kier molecular flexibility index (Phi) is 8.40. The highest BCUT2D eigenvalue weighted by Gasteiger charge is 2.26. The molecule has 3 heterocycles. The Hall–Kier alpha value is -1.82. The van der Waals surface area contributed by atoms with Gasteiger partial charge < -0.3 is 19.9 Å². The van der Waals surface area contributed by atoms with Crippen molar-refractivity contribution in [1.82, 2.24) is 20.1 Å². The second kappa shape index (κ2) is 11.2. The Bertz CT molecular complexity index is 597. The van der Waals surface area contributed by atoms with Crippen LogP contribution in [0.25, 0.3) is 0 Å². The van der Waals surface area contributed by atoms with Crippen LogP contribution < -0.4 is 10.1 Å². The van der Waals surface area contributed by atoms with Gasteiger partial charge in [-0.15, -0.1) is 0 Å². The number of ether oxygens (including phenoxy) is 1.